The molecule has 1 aromatic carbocycles. The number of nitrogens with one attached hydrogen (secondary N) is 1. The van der Waals surface area contributed by atoms with E-state index < -0.39 is 21.9 Å². The number of likely N-dealkylation sites (N-methyl/N-ethyl adjacent to an activating group) is 1. The summed E-state index contributed by atoms with van der Waals surface area (Å²) < 4.78 is 27.6. The van der Waals surface area contributed by atoms with Gasteiger partial charge in [0.25, 0.3) is 0 Å². The molecule has 1 saturated carbocycles. The first-order chi connectivity index (χ1) is 12.7. The van der Waals surface area contributed by atoms with Crippen LogP contribution in [0.1, 0.15) is 32.1 Å². The molecule has 0 heterocycles. The molecule has 0 aliphatic heterocycles. The van der Waals surface area contributed by atoms with Crippen LogP contribution in [0, 0.1) is 0 Å². The van der Waals surface area contributed by atoms with E-state index >= 15 is 0 Å². The normalized spacial score (nSPS) is 15.9. The molecule has 0 unspecified atom stereocenters. The van der Waals surface area contributed by atoms with Gasteiger partial charge in [-0.25, -0.2) is 8.42 Å². The summed E-state index contributed by atoms with van der Waals surface area (Å²) in [6, 6.07) is 6.25. The van der Waals surface area contributed by atoms with Crippen LogP contribution in [0.2, 0.25) is 0 Å². The minimum Gasteiger partial charge on any atom is -0.480 e. The molecule has 27 heavy (non-hydrogen) atoms. The Morgan fingerprint density at radius 3 is 2.37 bits per heavy atom. The van der Waals surface area contributed by atoms with Gasteiger partial charge < -0.3 is 10.4 Å². The van der Waals surface area contributed by atoms with Crippen molar-refractivity contribution in [3.8, 4) is 0 Å². The Kier molecular flexibility index (Phi) is 7.34. The minimum atomic E-state index is -3.75. The highest BCUT2D eigenvalue weighted by atomic mass is 32.2. The zero-order valence-corrected chi connectivity index (χ0v) is 16.5. The standard InChI is InChI=1S/C18H27N3O5S/c1-20(13-18(23)24)12-17(22)19-15-10-6-7-11-16(15)27(25,26)21(2)14-8-4-3-5-9-14/h6-7,10-11,14H,3-5,8-9,12-13H2,1-2H3,(H,19,22)(H,23,24). The van der Waals surface area contributed by atoms with Crippen LogP contribution in [0.25, 0.3) is 0 Å². The lowest BCUT2D eigenvalue weighted by Crippen LogP contribution is -2.39. The Hall–Kier alpha value is -1.97. The summed E-state index contributed by atoms with van der Waals surface area (Å²) in [5, 5.41) is 11.4. The highest BCUT2D eigenvalue weighted by Gasteiger charge is 2.31. The molecular weight excluding hydrogens is 370 g/mol. The number of hydrogen-bond donors (Lipinski definition) is 2. The number of para-hydroxylation sites is 1. The molecule has 1 fully saturated rings. The van der Waals surface area contributed by atoms with E-state index in [4.69, 9.17) is 5.11 Å². The Morgan fingerprint density at radius 2 is 1.74 bits per heavy atom. The lowest BCUT2D eigenvalue weighted by molar-refractivity contribution is -0.138. The maximum absolute atomic E-state index is 13.1. The zero-order valence-electron chi connectivity index (χ0n) is 15.7. The van der Waals surface area contributed by atoms with Crippen molar-refractivity contribution in [2.45, 2.75) is 43.0 Å². The maximum Gasteiger partial charge on any atom is 0.317 e. The Bertz CT molecular complexity index is 775. The molecule has 0 saturated heterocycles. The molecule has 8 nitrogen and oxygen atoms in total. The molecule has 0 spiro atoms. The predicted octanol–water partition coefficient (Wildman–Crippen LogP) is 1.59. The highest BCUT2D eigenvalue weighted by Crippen LogP contribution is 2.29. The summed E-state index contributed by atoms with van der Waals surface area (Å²) in [7, 11) is -0.656. The van der Waals surface area contributed by atoms with Gasteiger partial charge in [0, 0.05) is 13.1 Å². The molecule has 2 rings (SSSR count). The van der Waals surface area contributed by atoms with Crippen LogP contribution in [0.4, 0.5) is 5.69 Å². The number of rotatable bonds is 8. The fourth-order valence-corrected chi connectivity index (χ4v) is 4.87. The van der Waals surface area contributed by atoms with Gasteiger partial charge in [-0.3, -0.25) is 14.5 Å². The van der Waals surface area contributed by atoms with Crippen LogP contribution in [-0.4, -0.2) is 67.8 Å². The number of nitrogens with zero attached hydrogens (tertiary/aromatic N) is 2. The second-order valence-corrected chi connectivity index (χ2v) is 8.89. The molecular formula is C18H27N3O5S. The van der Waals surface area contributed by atoms with E-state index in [1.54, 1.807) is 19.2 Å². The fraction of sp³-hybridized carbons (Fsp3) is 0.556. The number of anilines is 1. The van der Waals surface area contributed by atoms with Crippen LogP contribution >= 0.6 is 0 Å². The monoisotopic (exact) mass is 397 g/mol. The SMILES string of the molecule is CN(CC(=O)O)CC(=O)Nc1ccccc1S(=O)(=O)N(C)C1CCCCC1. The number of carboxylic acid groups (broad SMARTS) is 1. The van der Waals surface area contributed by atoms with Crippen LogP contribution in [-0.2, 0) is 19.6 Å². The molecule has 1 aliphatic carbocycles. The van der Waals surface area contributed by atoms with Crippen molar-refractivity contribution >= 4 is 27.6 Å². The van der Waals surface area contributed by atoms with E-state index in [0.29, 0.717) is 0 Å². The number of sulfonamides is 1. The summed E-state index contributed by atoms with van der Waals surface area (Å²) in [6.45, 7) is -0.434. The zero-order chi connectivity index (χ0) is 20.0. The first-order valence-corrected chi connectivity index (χ1v) is 10.4. The van der Waals surface area contributed by atoms with Gasteiger partial charge in [0.1, 0.15) is 4.90 Å². The van der Waals surface area contributed by atoms with Crippen LogP contribution in [0.5, 0.6) is 0 Å². The van der Waals surface area contributed by atoms with E-state index in [0.717, 1.165) is 32.1 Å². The van der Waals surface area contributed by atoms with Crippen molar-refractivity contribution in [3.63, 3.8) is 0 Å². The molecule has 1 amide bonds. The molecule has 1 aliphatic rings. The van der Waals surface area contributed by atoms with Gasteiger partial charge in [0.05, 0.1) is 18.8 Å². The quantitative estimate of drug-likeness (QED) is 0.690. The summed E-state index contributed by atoms with van der Waals surface area (Å²) in [5.41, 5.74) is 0.203. The van der Waals surface area contributed by atoms with Crippen molar-refractivity contribution in [2.75, 3.05) is 32.5 Å². The van der Waals surface area contributed by atoms with Crippen molar-refractivity contribution < 1.29 is 23.1 Å². The molecule has 150 valence electrons. The predicted molar refractivity (Wildman–Crippen MR) is 102 cm³/mol. The van der Waals surface area contributed by atoms with Crippen LogP contribution in [0.15, 0.2) is 29.2 Å². The Labute approximate surface area is 160 Å². The summed E-state index contributed by atoms with van der Waals surface area (Å²) in [4.78, 5) is 24.3. The number of carbonyl (C=O) groups is 2. The second kappa shape index (κ2) is 9.29. The Morgan fingerprint density at radius 1 is 1.11 bits per heavy atom. The molecule has 0 bridgehead atoms. The first-order valence-electron chi connectivity index (χ1n) is 8.99. The highest BCUT2D eigenvalue weighted by molar-refractivity contribution is 7.89. The third-order valence-electron chi connectivity index (χ3n) is 4.73. The van der Waals surface area contributed by atoms with Crippen molar-refractivity contribution in [1.82, 2.24) is 9.21 Å². The van der Waals surface area contributed by atoms with E-state index in [1.165, 1.54) is 28.4 Å². The second-order valence-electron chi connectivity index (χ2n) is 6.92. The molecule has 0 radical (unpaired) electrons. The molecule has 0 atom stereocenters. The number of amides is 1. The summed E-state index contributed by atoms with van der Waals surface area (Å²) >= 11 is 0. The first kappa shape index (κ1) is 21.3. The van der Waals surface area contributed by atoms with Gasteiger partial charge in [0.15, 0.2) is 0 Å². The fourth-order valence-electron chi connectivity index (χ4n) is 3.31. The molecule has 0 aromatic heterocycles. The largest absolute Gasteiger partial charge is 0.480 e. The van der Waals surface area contributed by atoms with E-state index in [2.05, 4.69) is 5.32 Å². The van der Waals surface area contributed by atoms with E-state index in [-0.39, 0.29) is 29.7 Å². The van der Waals surface area contributed by atoms with Gasteiger partial charge in [-0.05, 0) is 32.0 Å². The third kappa shape index (κ3) is 5.75. The average Bonchev–Trinajstić information content (AvgIpc) is 2.61. The number of carboxylic acids is 1. The van der Waals surface area contributed by atoms with Crippen LogP contribution in [0.3, 0.4) is 0 Å². The van der Waals surface area contributed by atoms with Crippen molar-refractivity contribution in [1.29, 1.82) is 0 Å². The van der Waals surface area contributed by atoms with Gasteiger partial charge in [0.2, 0.25) is 15.9 Å². The van der Waals surface area contributed by atoms with Crippen molar-refractivity contribution in [3.05, 3.63) is 24.3 Å². The Balaban J connectivity index is 2.16. The summed E-state index contributed by atoms with van der Waals surface area (Å²) in [6.07, 6.45) is 4.83. The molecule has 2 N–H and O–H groups in total. The van der Waals surface area contributed by atoms with Gasteiger partial charge in [-0.1, -0.05) is 31.4 Å². The maximum atomic E-state index is 13.1. The molecule has 9 heteroatoms. The van der Waals surface area contributed by atoms with Crippen LogP contribution < -0.4 is 5.32 Å². The van der Waals surface area contributed by atoms with Gasteiger partial charge >= 0.3 is 5.97 Å². The van der Waals surface area contributed by atoms with E-state index in [9.17, 15) is 18.0 Å². The molecule has 1 aromatic rings. The lowest BCUT2D eigenvalue weighted by atomic mass is 9.96. The lowest BCUT2D eigenvalue weighted by Gasteiger charge is -2.31. The topological polar surface area (TPSA) is 107 Å². The van der Waals surface area contributed by atoms with E-state index in [1.807, 2.05) is 0 Å². The smallest absolute Gasteiger partial charge is 0.317 e. The van der Waals surface area contributed by atoms with Gasteiger partial charge in [-0.2, -0.15) is 4.31 Å². The summed E-state index contributed by atoms with van der Waals surface area (Å²) in [5.74, 6) is -1.51. The third-order valence-corrected chi connectivity index (χ3v) is 6.69. The minimum absolute atomic E-state index is 0.0331. The van der Waals surface area contributed by atoms with Gasteiger partial charge in [-0.15, -0.1) is 0 Å². The van der Waals surface area contributed by atoms with Crippen molar-refractivity contribution in [2.24, 2.45) is 0 Å². The number of carbonyl (C=O) groups excluding carboxylic acids is 1. The number of hydrogen-bond acceptors (Lipinski definition) is 5. The number of aliphatic carboxylic acids is 1. The number of benzene rings is 1. The average molecular weight is 397 g/mol.